The number of nitriles is 1. The lowest BCUT2D eigenvalue weighted by atomic mass is 10.0. The topological polar surface area (TPSA) is 97.6 Å². The number of hydrogen-bond acceptors (Lipinski definition) is 6. The summed E-state index contributed by atoms with van der Waals surface area (Å²) in [5.74, 6) is -0.0533. The van der Waals surface area contributed by atoms with E-state index in [4.69, 9.17) is 14.2 Å². The van der Waals surface area contributed by atoms with Crippen LogP contribution in [0.2, 0.25) is 0 Å². The Morgan fingerprint density at radius 3 is 2.19 bits per heavy atom. The Morgan fingerprint density at radius 2 is 1.61 bits per heavy atom. The Balaban J connectivity index is 1.62. The smallest absolute Gasteiger partial charge is 0.349 e. The van der Waals surface area contributed by atoms with Crippen molar-refractivity contribution in [3.8, 4) is 34.4 Å². The first-order chi connectivity index (χ1) is 17.3. The summed E-state index contributed by atoms with van der Waals surface area (Å²) in [6.07, 6.45) is 1.44. The van der Waals surface area contributed by atoms with Gasteiger partial charge in [-0.1, -0.05) is 48.0 Å². The number of aryl methyl sites for hydroxylation is 1. The first-order valence-electron chi connectivity index (χ1n) is 11.4. The van der Waals surface area contributed by atoms with Crippen molar-refractivity contribution in [3.63, 3.8) is 0 Å². The molecule has 184 valence electrons. The van der Waals surface area contributed by atoms with Crippen LogP contribution >= 0.6 is 0 Å². The Morgan fingerprint density at radius 1 is 0.972 bits per heavy atom. The van der Waals surface area contributed by atoms with Crippen LogP contribution in [0.1, 0.15) is 25.0 Å². The lowest BCUT2D eigenvalue weighted by Crippen LogP contribution is -2.30. The van der Waals surface area contributed by atoms with Crippen LogP contribution in [0.4, 0.5) is 0 Å². The molecule has 0 unspecified atom stereocenters. The van der Waals surface area contributed by atoms with E-state index in [2.05, 4.69) is 29.6 Å². The summed E-state index contributed by atoms with van der Waals surface area (Å²) in [4.78, 5) is 24.5. The summed E-state index contributed by atoms with van der Waals surface area (Å²) in [6.45, 7) is 5.37. The summed E-state index contributed by atoms with van der Waals surface area (Å²) in [7, 11) is 1.43. The van der Waals surface area contributed by atoms with Crippen molar-refractivity contribution in [2.75, 3.05) is 13.7 Å². The van der Waals surface area contributed by atoms with E-state index in [1.54, 1.807) is 24.3 Å². The molecule has 0 fully saturated rings. The number of nitrogens with one attached hydrogen (secondary N) is 1. The highest BCUT2D eigenvalue weighted by molar-refractivity contribution is 6.01. The molecular formula is C29H28N2O5. The number of hydrogen-bond donors (Lipinski definition) is 1. The Labute approximate surface area is 210 Å². The van der Waals surface area contributed by atoms with Crippen LogP contribution in [0, 0.1) is 18.3 Å². The fraction of sp³-hybridized carbons (Fsp3) is 0.207. The van der Waals surface area contributed by atoms with Gasteiger partial charge in [-0.3, -0.25) is 4.79 Å². The van der Waals surface area contributed by atoms with E-state index in [9.17, 15) is 14.9 Å². The number of esters is 1. The highest BCUT2D eigenvalue weighted by atomic mass is 16.6. The Kier molecular flexibility index (Phi) is 8.84. The van der Waals surface area contributed by atoms with Gasteiger partial charge in [0.15, 0.2) is 18.1 Å². The van der Waals surface area contributed by atoms with Crippen LogP contribution in [0.15, 0.2) is 72.3 Å². The van der Waals surface area contributed by atoms with E-state index >= 15 is 0 Å². The van der Waals surface area contributed by atoms with E-state index in [1.807, 2.05) is 39.0 Å². The molecule has 1 N–H and O–H groups in total. The third-order valence-electron chi connectivity index (χ3n) is 5.10. The molecule has 36 heavy (non-hydrogen) atoms. The predicted octanol–water partition coefficient (Wildman–Crippen LogP) is 5.09. The average Bonchev–Trinajstić information content (AvgIpc) is 2.87. The predicted molar refractivity (Wildman–Crippen MR) is 138 cm³/mol. The summed E-state index contributed by atoms with van der Waals surface area (Å²) in [5, 5.41) is 12.0. The molecule has 7 nitrogen and oxygen atoms in total. The second kappa shape index (κ2) is 12.2. The Hall–Kier alpha value is -4.57. The summed E-state index contributed by atoms with van der Waals surface area (Å²) in [5.41, 5.74) is 3.84. The molecule has 0 bridgehead atoms. The van der Waals surface area contributed by atoms with E-state index in [-0.39, 0.29) is 29.7 Å². The third-order valence-corrected chi connectivity index (χ3v) is 5.10. The number of ether oxygens (including phenoxy) is 3. The van der Waals surface area contributed by atoms with Crippen molar-refractivity contribution >= 4 is 18.0 Å². The molecule has 0 aromatic heterocycles. The van der Waals surface area contributed by atoms with Crippen molar-refractivity contribution in [2.24, 2.45) is 0 Å². The van der Waals surface area contributed by atoms with Gasteiger partial charge in [0.1, 0.15) is 17.4 Å². The molecule has 0 aliphatic carbocycles. The maximum atomic E-state index is 12.4. The van der Waals surface area contributed by atoms with Gasteiger partial charge in [0.2, 0.25) is 0 Å². The molecule has 0 saturated carbocycles. The van der Waals surface area contributed by atoms with Gasteiger partial charge < -0.3 is 19.5 Å². The fourth-order valence-corrected chi connectivity index (χ4v) is 3.30. The van der Waals surface area contributed by atoms with Crippen molar-refractivity contribution < 1.29 is 23.8 Å². The van der Waals surface area contributed by atoms with Gasteiger partial charge in [-0.15, -0.1) is 0 Å². The summed E-state index contributed by atoms with van der Waals surface area (Å²) < 4.78 is 16.3. The first-order valence-corrected chi connectivity index (χ1v) is 11.4. The van der Waals surface area contributed by atoms with E-state index in [1.165, 1.54) is 24.8 Å². The summed E-state index contributed by atoms with van der Waals surface area (Å²) >= 11 is 0. The molecule has 3 aromatic carbocycles. The van der Waals surface area contributed by atoms with Crippen LogP contribution in [0.25, 0.3) is 17.2 Å². The molecule has 3 rings (SSSR count). The second-order valence-electron chi connectivity index (χ2n) is 8.36. The minimum atomic E-state index is -0.603. The quantitative estimate of drug-likeness (QED) is 0.197. The molecule has 3 aromatic rings. The molecule has 0 atom stereocenters. The van der Waals surface area contributed by atoms with Crippen molar-refractivity contribution in [3.05, 3.63) is 83.4 Å². The number of rotatable bonds is 9. The van der Waals surface area contributed by atoms with E-state index in [0.717, 1.165) is 11.1 Å². The molecule has 0 radical (unpaired) electrons. The molecule has 0 spiro atoms. The van der Waals surface area contributed by atoms with Crippen LogP contribution in [0.5, 0.6) is 17.2 Å². The molecule has 0 aliphatic heterocycles. The number of carbonyl (C=O) groups is 2. The molecule has 7 heteroatoms. The number of carbonyl (C=O) groups excluding carboxylic acids is 2. The third kappa shape index (κ3) is 7.21. The highest BCUT2D eigenvalue weighted by Crippen LogP contribution is 2.29. The van der Waals surface area contributed by atoms with Crippen molar-refractivity contribution in [1.29, 1.82) is 5.26 Å². The number of nitrogens with zero attached hydrogens (tertiary/aromatic N) is 1. The number of amides is 1. The first kappa shape index (κ1) is 26.0. The normalized spacial score (nSPS) is 10.9. The number of benzene rings is 3. The minimum Gasteiger partial charge on any atom is -0.493 e. The maximum Gasteiger partial charge on any atom is 0.349 e. The van der Waals surface area contributed by atoms with Gasteiger partial charge in [-0.25, -0.2) is 4.79 Å². The zero-order valence-corrected chi connectivity index (χ0v) is 20.7. The van der Waals surface area contributed by atoms with Crippen LogP contribution in [-0.2, 0) is 9.59 Å². The highest BCUT2D eigenvalue weighted by Gasteiger charge is 2.14. The lowest BCUT2D eigenvalue weighted by Gasteiger charge is -2.11. The summed E-state index contributed by atoms with van der Waals surface area (Å²) in [6, 6.07) is 22.2. The second-order valence-corrected chi connectivity index (χ2v) is 8.36. The van der Waals surface area contributed by atoms with Gasteiger partial charge in [-0.2, -0.15) is 5.26 Å². The number of methoxy groups -OCH3 is 1. The van der Waals surface area contributed by atoms with Crippen LogP contribution in [-0.4, -0.2) is 31.6 Å². The zero-order chi connectivity index (χ0) is 26.1. The lowest BCUT2D eigenvalue weighted by molar-refractivity contribution is -0.136. The van der Waals surface area contributed by atoms with Crippen molar-refractivity contribution in [1.82, 2.24) is 5.32 Å². The monoisotopic (exact) mass is 484 g/mol. The largest absolute Gasteiger partial charge is 0.493 e. The molecule has 0 saturated heterocycles. The SMILES string of the molecule is COc1cc(/C=C(\C#N)C(=O)NC(C)C)ccc1OC(=O)COc1ccc(-c2ccc(C)cc2)cc1. The van der Waals surface area contributed by atoms with Gasteiger partial charge in [0.05, 0.1) is 7.11 Å². The average molecular weight is 485 g/mol. The van der Waals surface area contributed by atoms with E-state index < -0.39 is 11.9 Å². The molecular weight excluding hydrogens is 456 g/mol. The standard InChI is InChI=1S/C29H28N2O5/c1-19(2)31-29(33)24(17-30)15-21-7-14-26(27(16-21)34-4)36-28(32)18-35-25-12-10-23(11-13-25)22-8-5-20(3)6-9-22/h5-16,19H,18H2,1-4H3,(H,31,33)/b24-15+. The molecule has 0 heterocycles. The molecule has 1 amide bonds. The van der Waals surface area contributed by atoms with Gasteiger partial charge >= 0.3 is 5.97 Å². The fourth-order valence-electron chi connectivity index (χ4n) is 3.30. The van der Waals surface area contributed by atoms with Gasteiger partial charge in [0, 0.05) is 6.04 Å². The van der Waals surface area contributed by atoms with Crippen LogP contribution in [0.3, 0.4) is 0 Å². The van der Waals surface area contributed by atoms with Gasteiger partial charge in [0.25, 0.3) is 5.91 Å². The molecule has 0 aliphatic rings. The zero-order valence-electron chi connectivity index (χ0n) is 20.7. The van der Waals surface area contributed by atoms with Crippen molar-refractivity contribution in [2.45, 2.75) is 26.8 Å². The van der Waals surface area contributed by atoms with Gasteiger partial charge in [-0.05, 0) is 67.8 Å². The van der Waals surface area contributed by atoms with E-state index in [0.29, 0.717) is 11.3 Å². The minimum absolute atomic E-state index is 0.0442. The maximum absolute atomic E-state index is 12.4. The van der Waals surface area contributed by atoms with Crippen LogP contribution < -0.4 is 19.5 Å². The Bertz CT molecular complexity index is 1290.